The summed E-state index contributed by atoms with van der Waals surface area (Å²) in [6, 6.07) is 11.8. The first-order chi connectivity index (χ1) is 20.4. The van der Waals surface area contributed by atoms with Crippen molar-refractivity contribution in [3.8, 4) is 5.88 Å². The first-order valence-electron chi connectivity index (χ1n) is 13.5. The van der Waals surface area contributed by atoms with Crippen molar-refractivity contribution in [1.82, 2.24) is 29.0 Å². The minimum atomic E-state index is -0.946. The zero-order valence-electron chi connectivity index (χ0n) is 22.8. The number of benzene rings is 1. The topological polar surface area (TPSA) is 98.3 Å². The van der Waals surface area contributed by atoms with E-state index in [9.17, 15) is 14.3 Å². The van der Waals surface area contributed by atoms with Gasteiger partial charge < -0.3 is 19.0 Å². The number of hydrogen-bond acceptors (Lipinski definition) is 7. The van der Waals surface area contributed by atoms with Crippen molar-refractivity contribution in [3.63, 3.8) is 0 Å². The molecular weight excluding hydrogens is 579 g/mol. The van der Waals surface area contributed by atoms with Gasteiger partial charge in [0.05, 0.1) is 36.3 Å². The third-order valence-corrected chi connectivity index (χ3v) is 8.54. The van der Waals surface area contributed by atoms with Crippen LogP contribution >= 0.6 is 22.9 Å². The summed E-state index contributed by atoms with van der Waals surface area (Å²) >= 11 is 7.04. The Morgan fingerprint density at radius 3 is 2.83 bits per heavy atom. The zero-order valence-corrected chi connectivity index (χ0v) is 24.4. The summed E-state index contributed by atoms with van der Waals surface area (Å²) in [6.45, 7) is 5.62. The number of rotatable bonds is 10. The quantitative estimate of drug-likeness (QED) is 0.205. The number of carbonyl (C=O) groups is 1. The van der Waals surface area contributed by atoms with Gasteiger partial charge >= 0.3 is 5.97 Å². The molecule has 6 rings (SSSR count). The molecule has 0 saturated heterocycles. The van der Waals surface area contributed by atoms with E-state index in [1.165, 1.54) is 17.4 Å². The lowest BCUT2D eigenvalue weighted by Gasteiger charge is -2.26. The summed E-state index contributed by atoms with van der Waals surface area (Å²) in [5.41, 5.74) is 4.23. The van der Waals surface area contributed by atoms with E-state index in [2.05, 4.69) is 37.0 Å². The molecular formula is C30H28ClFN6O3S. The third kappa shape index (κ3) is 5.94. The number of thiophene rings is 1. The van der Waals surface area contributed by atoms with Crippen molar-refractivity contribution in [2.24, 2.45) is 0 Å². The predicted octanol–water partition coefficient (Wildman–Crippen LogP) is 6.12. The van der Waals surface area contributed by atoms with Gasteiger partial charge in [-0.3, -0.25) is 4.90 Å². The number of carboxylic acid groups (broad SMARTS) is 1. The summed E-state index contributed by atoms with van der Waals surface area (Å²) in [6.07, 6.45) is 6.61. The molecule has 1 aliphatic rings. The molecule has 9 nitrogen and oxygen atoms in total. The SMILES string of the molecule is CCn1cncc1Cn1c(CN2CC=C(c3cccc(OCc4ccc(Cl)cc4F)n3)CC2)nc2sc(C(=O)O)cc21. The Labute approximate surface area is 250 Å². The normalized spacial score (nSPS) is 13.9. The average Bonchev–Trinajstić information content (AvgIpc) is 3.69. The van der Waals surface area contributed by atoms with Crippen LogP contribution in [0.2, 0.25) is 5.02 Å². The van der Waals surface area contributed by atoms with E-state index in [1.807, 2.05) is 18.3 Å². The standard InChI is InChI=1S/C30H28ClFN6O3S/c1-2-37-18-33-14-22(37)15-38-25-13-26(30(39)40)42-29(25)35-27(38)16-36-10-8-19(9-11-36)24-4-3-5-28(34-24)41-17-20-6-7-21(31)12-23(20)32/h3-8,12-14,18H,2,9-11,15-17H2,1H3,(H,39,40). The van der Waals surface area contributed by atoms with Gasteiger partial charge in [0.2, 0.25) is 5.88 Å². The maximum absolute atomic E-state index is 14.1. The minimum Gasteiger partial charge on any atom is -0.477 e. The van der Waals surface area contributed by atoms with Crippen molar-refractivity contribution >= 4 is 44.8 Å². The molecule has 4 aromatic heterocycles. The number of carboxylic acids is 1. The molecule has 12 heteroatoms. The Morgan fingerprint density at radius 1 is 1.19 bits per heavy atom. The summed E-state index contributed by atoms with van der Waals surface area (Å²) < 4.78 is 24.1. The Hall–Kier alpha value is -4.06. The summed E-state index contributed by atoms with van der Waals surface area (Å²) in [5.74, 6) is -0.0395. The highest BCUT2D eigenvalue weighted by Gasteiger charge is 2.22. The molecule has 1 N–H and O–H groups in total. The van der Waals surface area contributed by atoms with E-state index >= 15 is 0 Å². The summed E-state index contributed by atoms with van der Waals surface area (Å²) in [7, 11) is 0. The fourth-order valence-electron chi connectivity index (χ4n) is 5.04. The van der Waals surface area contributed by atoms with Crippen LogP contribution in [-0.4, -0.2) is 53.2 Å². The molecule has 5 aromatic rings. The number of halogens is 2. The van der Waals surface area contributed by atoms with Crippen LogP contribution in [0.5, 0.6) is 5.88 Å². The lowest BCUT2D eigenvalue weighted by Crippen LogP contribution is -2.29. The Morgan fingerprint density at radius 2 is 2.07 bits per heavy atom. The molecule has 0 aliphatic carbocycles. The molecule has 42 heavy (non-hydrogen) atoms. The first-order valence-corrected chi connectivity index (χ1v) is 14.7. The first kappa shape index (κ1) is 28.1. The number of aromatic carboxylic acids is 1. The van der Waals surface area contributed by atoms with Crippen molar-refractivity contribution in [1.29, 1.82) is 0 Å². The highest BCUT2D eigenvalue weighted by Crippen LogP contribution is 2.29. The molecule has 0 atom stereocenters. The molecule has 0 spiro atoms. The predicted molar refractivity (Wildman–Crippen MR) is 159 cm³/mol. The Balaban J connectivity index is 1.16. The molecule has 0 amide bonds. The molecule has 0 bridgehead atoms. The van der Waals surface area contributed by atoms with Crippen molar-refractivity contribution < 1.29 is 19.0 Å². The van der Waals surface area contributed by atoms with Crippen LogP contribution in [0.15, 0.2) is 61.1 Å². The molecule has 1 aromatic carbocycles. The Bertz CT molecular complexity index is 1790. The van der Waals surface area contributed by atoms with Gasteiger partial charge in [0.15, 0.2) is 0 Å². The van der Waals surface area contributed by atoms with E-state index in [0.717, 1.165) is 52.6 Å². The van der Waals surface area contributed by atoms with Crippen LogP contribution < -0.4 is 4.74 Å². The molecule has 5 heterocycles. The van der Waals surface area contributed by atoms with Gasteiger partial charge in [-0.15, -0.1) is 11.3 Å². The largest absolute Gasteiger partial charge is 0.477 e. The molecule has 0 saturated carbocycles. The number of nitrogens with zero attached hydrogens (tertiary/aromatic N) is 6. The second kappa shape index (κ2) is 12.0. The third-order valence-electron chi connectivity index (χ3n) is 7.30. The van der Waals surface area contributed by atoms with Crippen LogP contribution in [0.4, 0.5) is 4.39 Å². The number of ether oxygens (including phenoxy) is 1. The van der Waals surface area contributed by atoms with Crippen molar-refractivity contribution in [2.45, 2.75) is 39.6 Å². The highest BCUT2D eigenvalue weighted by molar-refractivity contribution is 7.20. The number of aromatic nitrogens is 5. The molecule has 0 radical (unpaired) electrons. The second-order valence-electron chi connectivity index (χ2n) is 9.99. The lowest BCUT2D eigenvalue weighted by atomic mass is 10.0. The van der Waals surface area contributed by atoms with Crippen LogP contribution in [0.1, 0.15) is 45.8 Å². The second-order valence-corrected chi connectivity index (χ2v) is 11.5. The highest BCUT2D eigenvalue weighted by atomic mass is 35.5. The fourth-order valence-corrected chi connectivity index (χ4v) is 6.09. The van der Waals surface area contributed by atoms with Gasteiger partial charge in [-0.05, 0) is 43.2 Å². The smallest absolute Gasteiger partial charge is 0.346 e. The van der Waals surface area contributed by atoms with Gasteiger partial charge in [-0.2, -0.15) is 0 Å². The van der Waals surface area contributed by atoms with Gasteiger partial charge in [0.25, 0.3) is 0 Å². The fraction of sp³-hybridized carbons (Fsp3) is 0.267. The lowest BCUT2D eigenvalue weighted by molar-refractivity contribution is 0.0702. The van der Waals surface area contributed by atoms with E-state index in [0.29, 0.717) is 36.1 Å². The summed E-state index contributed by atoms with van der Waals surface area (Å²) in [4.78, 5) is 28.7. The molecule has 0 fully saturated rings. The number of pyridine rings is 1. The van der Waals surface area contributed by atoms with Crippen molar-refractivity contribution in [3.05, 3.63) is 99.6 Å². The maximum atomic E-state index is 14.1. The molecule has 216 valence electrons. The van der Waals surface area contributed by atoms with E-state index in [-0.39, 0.29) is 11.5 Å². The van der Waals surface area contributed by atoms with Gasteiger partial charge in [0, 0.05) is 42.5 Å². The average molecular weight is 607 g/mol. The van der Waals surface area contributed by atoms with Crippen LogP contribution in [0.3, 0.4) is 0 Å². The molecule has 0 unspecified atom stereocenters. The van der Waals surface area contributed by atoms with E-state index < -0.39 is 11.8 Å². The number of imidazole rings is 2. The number of aryl methyl sites for hydroxylation is 1. The molecule has 1 aliphatic heterocycles. The van der Waals surface area contributed by atoms with Crippen LogP contribution in [0, 0.1) is 5.82 Å². The van der Waals surface area contributed by atoms with E-state index in [4.69, 9.17) is 21.3 Å². The maximum Gasteiger partial charge on any atom is 0.346 e. The minimum absolute atomic E-state index is 0.0589. The number of fused-ring (bicyclic) bond motifs is 1. The van der Waals surface area contributed by atoms with Gasteiger partial charge in [0.1, 0.15) is 28.0 Å². The van der Waals surface area contributed by atoms with Crippen LogP contribution in [0.25, 0.3) is 15.9 Å². The Kier molecular flexibility index (Phi) is 8.05. The number of hydrogen-bond donors (Lipinski definition) is 1. The van der Waals surface area contributed by atoms with Crippen LogP contribution in [-0.2, 0) is 26.2 Å². The summed E-state index contributed by atoms with van der Waals surface area (Å²) in [5, 5.41) is 9.86. The van der Waals surface area contributed by atoms with E-state index in [1.54, 1.807) is 30.6 Å². The van der Waals surface area contributed by atoms with Gasteiger partial charge in [-0.25, -0.2) is 24.1 Å². The van der Waals surface area contributed by atoms with Crippen molar-refractivity contribution in [2.75, 3.05) is 13.1 Å². The monoisotopic (exact) mass is 606 g/mol. The zero-order chi connectivity index (χ0) is 29.2. The van der Waals surface area contributed by atoms with Gasteiger partial charge in [-0.1, -0.05) is 29.8 Å².